The molecule has 0 fully saturated rings. The van der Waals surface area contributed by atoms with E-state index in [9.17, 15) is 0 Å². The van der Waals surface area contributed by atoms with Crippen LogP contribution in [0, 0.1) is 0 Å². The number of nitrogens with zero attached hydrogens (tertiary/aromatic N) is 3. The summed E-state index contributed by atoms with van der Waals surface area (Å²) < 4.78 is 12.7. The van der Waals surface area contributed by atoms with E-state index in [0.29, 0.717) is 5.82 Å². The number of rotatable bonds is 5. The number of hydrogen-bond acceptors (Lipinski definition) is 5. The summed E-state index contributed by atoms with van der Waals surface area (Å²) in [6, 6.07) is 64.8. The second kappa shape index (κ2) is 12.8. The molecule has 0 amide bonds. The van der Waals surface area contributed by atoms with Gasteiger partial charge in [-0.2, -0.15) is 0 Å². The lowest BCUT2D eigenvalue weighted by atomic mass is 9.93. The van der Waals surface area contributed by atoms with Gasteiger partial charge in [0.2, 0.25) is 0 Å². The first-order valence-electron chi connectivity index (χ1n) is 19.4. The largest absolute Gasteiger partial charge is 0.456 e. The predicted molar refractivity (Wildman–Crippen MR) is 237 cm³/mol. The highest BCUT2D eigenvalue weighted by atomic mass is 16.3. The Morgan fingerprint density at radius 2 is 0.845 bits per heavy atom. The molecule has 270 valence electrons. The third-order valence-electron chi connectivity index (χ3n) is 11.3. The van der Waals surface area contributed by atoms with Crippen LogP contribution in [0.1, 0.15) is 0 Å². The van der Waals surface area contributed by atoms with Crippen molar-refractivity contribution in [1.82, 2.24) is 15.0 Å². The first-order chi connectivity index (χ1) is 28.7. The second-order valence-electron chi connectivity index (χ2n) is 14.7. The fourth-order valence-electron chi connectivity index (χ4n) is 8.63. The van der Waals surface area contributed by atoms with Gasteiger partial charge in [0.25, 0.3) is 0 Å². The first kappa shape index (κ1) is 32.4. The van der Waals surface area contributed by atoms with E-state index >= 15 is 0 Å². The highest BCUT2D eigenvalue weighted by molar-refractivity contribution is 6.29. The van der Waals surface area contributed by atoms with E-state index in [0.717, 1.165) is 116 Å². The molecule has 0 saturated carbocycles. The summed E-state index contributed by atoms with van der Waals surface area (Å²) in [5.74, 6) is 0.647. The minimum atomic E-state index is 0.647. The summed E-state index contributed by atoms with van der Waals surface area (Å²) in [4.78, 5) is 15.9. The molecule has 0 unspecified atom stereocenters. The minimum absolute atomic E-state index is 0.647. The number of benzene rings is 8. The lowest BCUT2D eigenvalue weighted by Crippen LogP contribution is -1.96. The average Bonchev–Trinajstić information content (AvgIpc) is 3.88. The van der Waals surface area contributed by atoms with Crippen LogP contribution in [-0.2, 0) is 0 Å². The van der Waals surface area contributed by atoms with E-state index in [-0.39, 0.29) is 0 Å². The lowest BCUT2D eigenvalue weighted by molar-refractivity contribution is 0.668. The maximum absolute atomic E-state index is 6.40. The van der Waals surface area contributed by atoms with Crippen molar-refractivity contribution in [2.45, 2.75) is 0 Å². The number of furan rings is 2. The van der Waals surface area contributed by atoms with Crippen LogP contribution >= 0.6 is 0 Å². The van der Waals surface area contributed by atoms with Crippen LogP contribution in [0.5, 0.6) is 0 Å². The van der Waals surface area contributed by atoms with Gasteiger partial charge >= 0.3 is 0 Å². The molecule has 12 rings (SSSR count). The molecule has 4 aromatic heterocycles. The van der Waals surface area contributed by atoms with E-state index in [4.69, 9.17) is 23.8 Å². The monoisotopic (exact) mass is 741 g/mol. The summed E-state index contributed by atoms with van der Waals surface area (Å²) in [6.45, 7) is 0. The Morgan fingerprint density at radius 3 is 1.57 bits per heavy atom. The van der Waals surface area contributed by atoms with Crippen molar-refractivity contribution in [2.75, 3.05) is 0 Å². The van der Waals surface area contributed by atoms with E-state index in [1.54, 1.807) is 0 Å². The fraction of sp³-hybridized carbons (Fsp3) is 0. The highest BCUT2D eigenvalue weighted by Crippen LogP contribution is 2.43. The lowest BCUT2D eigenvalue weighted by Gasteiger charge is -2.14. The van der Waals surface area contributed by atoms with Crippen LogP contribution in [-0.4, -0.2) is 15.0 Å². The Hall–Kier alpha value is -7.89. The molecule has 0 N–H and O–H groups in total. The third-order valence-corrected chi connectivity index (χ3v) is 11.3. The maximum Gasteiger partial charge on any atom is 0.161 e. The van der Waals surface area contributed by atoms with Crippen LogP contribution in [0.4, 0.5) is 0 Å². The van der Waals surface area contributed by atoms with E-state index in [2.05, 4.69) is 121 Å². The maximum atomic E-state index is 6.40. The molecule has 0 bridgehead atoms. The van der Waals surface area contributed by atoms with Crippen molar-refractivity contribution in [2.24, 2.45) is 0 Å². The molecule has 0 saturated heterocycles. The first-order valence-corrected chi connectivity index (χ1v) is 19.4. The molecule has 0 radical (unpaired) electrons. The van der Waals surface area contributed by atoms with Gasteiger partial charge < -0.3 is 8.83 Å². The second-order valence-corrected chi connectivity index (χ2v) is 14.7. The molecule has 12 aromatic rings. The molecule has 0 spiro atoms. The van der Waals surface area contributed by atoms with Gasteiger partial charge in [0.05, 0.1) is 22.6 Å². The topological polar surface area (TPSA) is 65.0 Å². The van der Waals surface area contributed by atoms with Crippen molar-refractivity contribution in [1.29, 1.82) is 0 Å². The molecule has 0 atom stereocenters. The summed E-state index contributed by atoms with van der Waals surface area (Å²) in [5, 5.41) is 7.59. The van der Waals surface area contributed by atoms with Gasteiger partial charge in [0, 0.05) is 65.5 Å². The van der Waals surface area contributed by atoms with Crippen LogP contribution in [0.2, 0.25) is 0 Å². The molecular weight excluding hydrogens is 711 g/mol. The molecule has 58 heavy (non-hydrogen) atoms. The molecule has 8 aromatic carbocycles. The van der Waals surface area contributed by atoms with Gasteiger partial charge in [-0.3, -0.25) is 0 Å². The number of hydrogen-bond donors (Lipinski definition) is 0. The number of fused-ring (bicyclic) bond motifs is 10. The van der Waals surface area contributed by atoms with Crippen LogP contribution in [0.25, 0.3) is 122 Å². The minimum Gasteiger partial charge on any atom is -0.456 e. The Labute approximate surface area is 332 Å². The van der Waals surface area contributed by atoms with Crippen LogP contribution < -0.4 is 0 Å². The molecule has 0 aliphatic heterocycles. The SMILES string of the molecule is c1ccc(-c2cc(-c3ccc(-c4cccc5c4nc(-c4ccccc4)c4ccc6oc7ccccc7c6c45)cc3)nc(-c3cccc4oc5ccccc5c34)n2)cc1. The van der Waals surface area contributed by atoms with Crippen molar-refractivity contribution >= 4 is 65.6 Å². The zero-order valence-corrected chi connectivity index (χ0v) is 31.1. The van der Waals surface area contributed by atoms with Crippen LogP contribution in [0.15, 0.2) is 197 Å². The molecule has 5 nitrogen and oxygen atoms in total. The van der Waals surface area contributed by atoms with Gasteiger partial charge in [-0.05, 0) is 42.0 Å². The Kier molecular flexibility index (Phi) is 7.16. The van der Waals surface area contributed by atoms with Crippen molar-refractivity contribution < 1.29 is 8.83 Å². The zero-order chi connectivity index (χ0) is 38.2. The van der Waals surface area contributed by atoms with Gasteiger partial charge in [0.15, 0.2) is 5.82 Å². The third kappa shape index (κ3) is 5.07. The van der Waals surface area contributed by atoms with E-state index in [1.807, 2.05) is 66.7 Å². The predicted octanol–water partition coefficient (Wildman–Crippen LogP) is 14.3. The Bertz CT molecular complexity index is 3550. The number of aromatic nitrogens is 3. The quantitative estimate of drug-likeness (QED) is 0.164. The normalized spacial score (nSPS) is 11.8. The zero-order valence-electron chi connectivity index (χ0n) is 31.1. The van der Waals surface area contributed by atoms with Crippen LogP contribution in [0.3, 0.4) is 0 Å². The summed E-state index contributed by atoms with van der Waals surface area (Å²) >= 11 is 0. The summed E-state index contributed by atoms with van der Waals surface area (Å²) in [6.07, 6.45) is 0. The standard InChI is InChI=1S/C53H31N3O2/c1-3-13-33(14-4-1)42-31-43(55-53(54-42)41-21-12-24-46-48(41)37-17-7-9-22-44(37)57-46)34-27-25-32(26-28-34)36-19-11-20-39-49-40(51(56-52(36)39)35-15-5-2-6-16-35)29-30-47-50(49)38-18-8-10-23-45(38)58-47/h1-31H. The van der Waals surface area contributed by atoms with Gasteiger partial charge in [0.1, 0.15) is 22.3 Å². The average molecular weight is 742 g/mol. The van der Waals surface area contributed by atoms with Gasteiger partial charge in [-0.25, -0.2) is 15.0 Å². The number of para-hydroxylation sites is 3. The molecule has 4 heterocycles. The van der Waals surface area contributed by atoms with Crippen molar-refractivity contribution in [3.05, 3.63) is 188 Å². The molecular formula is C53H31N3O2. The number of pyridine rings is 1. The fourth-order valence-corrected chi connectivity index (χ4v) is 8.63. The van der Waals surface area contributed by atoms with E-state index < -0.39 is 0 Å². The van der Waals surface area contributed by atoms with Crippen molar-refractivity contribution in [3.63, 3.8) is 0 Å². The molecule has 0 aliphatic carbocycles. The van der Waals surface area contributed by atoms with Gasteiger partial charge in [-0.15, -0.1) is 0 Å². The summed E-state index contributed by atoms with van der Waals surface area (Å²) in [5.41, 5.74) is 13.1. The smallest absolute Gasteiger partial charge is 0.161 e. The van der Waals surface area contributed by atoms with Crippen molar-refractivity contribution in [3.8, 4) is 56.3 Å². The molecule has 5 heteroatoms. The Balaban J connectivity index is 1.05. The van der Waals surface area contributed by atoms with E-state index in [1.165, 1.54) is 0 Å². The molecule has 0 aliphatic rings. The van der Waals surface area contributed by atoms with Gasteiger partial charge in [-0.1, -0.05) is 152 Å². The highest BCUT2D eigenvalue weighted by Gasteiger charge is 2.20. The Morgan fingerprint density at radius 1 is 0.310 bits per heavy atom. The summed E-state index contributed by atoms with van der Waals surface area (Å²) in [7, 11) is 0.